The van der Waals surface area contributed by atoms with Gasteiger partial charge in [-0.15, -0.1) is 0 Å². The van der Waals surface area contributed by atoms with E-state index in [1.54, 1.807) is 0 Å². The molecule has 1 heterocycles. The topological polar surface area (TPSA) is 41.6 Å². The van der Waals surface area contributed by atoms with E-state index in [0.717, 1.165) is 13.1 Å². The van der Waals surface area contributed by atoms with Crippen LogP contribution in [0.15, 0.2) is 0 Å². The number of amides is 1. The zero-order valence-corrected chi connectivity index (χ0v) is 9.25. The Hall–Kier alpha value is -0.610. The van der Waals surface area contributed by atoms with Gasteiger partial charge in [0.15, 0.2) is 0 Å². The predicted molar refractivity (Wildman–Crippen MR) is 55.1 cm³/mol. The minimum Gasteiger partial charge on any atom is -0.377 e. The molecule has 1 aliphatic heterocycles. The number of hydrogen-bond acceptors (Lipinski definition) is 3. The standard InChI is InChI=1S/C10H20N2O2/c1-8(2)10(13)12-4-5-14-7-9(12)6-11-3/h8-9,11H,4-7H2,1-3H3. The van der Waals surface area contributed by atoms with Gasteiger partial charge in [-0.3, -0.25) is 4.79 Å². The molecule has 1 atom stereocenters. The highest BCUT2D eigenvalue weighted by Gasteiger charge is 2.27. The summed E-state index contributed by atoms with van der Waals surface area (Å²) in [5, 5.41) is 3.09. The van der Waals surface area contributed by atoms with Crippen LogP contribution in [0.3, 0.4) is 0 Å². The highest BCUT2D eigenvalue weighted by Crippen LogP contribution is 2.10. The molecule has 0 bridgehead atoms. The summed E-state index contributed by atoms with van der Waals surface area (Å²) in [4.78, 5) is 13.8. The van der Waals surface area contributed by atoms with E-state index in [1.165, 1.54) is 0 Å². The van der Waals surface area contributed by atoms with Gasteiger partial charge >= 0.3 is 0 Å². The molecule has 1 aliphatic rings. The van der Waals surface area contributed by atoms with Gasteiger partial charge in [-0.1, -0.05) is 13.8 Å². The van der Waals surface area contributed by atoms with Crippen LogP contribution < -0.4 is 5.32 Å². The van der Waals surface area contributed by atoms with Crippen molar-refractivity contribution in [3.8, 4) is 0 Å². The SMILES string of the molecule is CNCC1COCCN1C(=O)C(C)C. The largest absolute Gasteiger partial charge is 0.377 e. The molecule has 0 spiro atoms. The third-order valence-electron chi connectivity index (χ3n) is 2.44. The van der Waals surface area contributed by atoms with Crippen LogP contribution in [0.25, 0.3) is 0 Å². The van der Waals surface area contributed by atoms with Crippen molar-refractivity contribution < 1.29 is 9.53 Å². The maximum Gasteiger partial charge on any atom is 0.225 e. The molecule has 0 aromatic rings. The van der Waals surface area contributed by atoms with Crippen LogP contribution in [0.5, 0.6) is 0 Å². The lowest BCUT2D eigenvalue weighted by Gasteiger charge is -2.36. The molecule has 1 saturated heterocycles. The van der Waals surface area contributed by atoms with Gasteiger partial charge in [-0.05, 0) is 7.05 Å². The number of carbonyl (C=O) groups is 1. The molecule has 14 heavy (non-hydrogen) atoms. The summed E-state index contributed by atoms with van der Waals surface area (Å²) in [6.45, 7) is 6.72. The molecule has 0 aromatic heterocycles. The molecule has 0 radical (unpaired) electrons. The second kappa shape index (κ2) is 5.32. The molecular weight excluding hydrogens is 180 g/mol. The number of rotatable bonds is 3. The van der Waals surface area contributed by atoms with E-state index in [4.69, 9.17) is 4.74 Å². The molecule has 1 unspecified atom stereocenters. The zero-order valence-electron chi connectivity index (χ0n) is 9.25. The van der Waals surface area contributed by atoms with Crippen molar-refractivity contribution in [2.75, 3.05) is 33.4 Å². The Labute approximate surface area is 85.6 Å². The van der Waals surface area contributed by atoms with Crippen LogP contribution in [0.2, 0.25) is 0 Å². The van der Waals surface area contributed by atoms with Gasteiger partial charge in [0, 0.05) is 19.0 Å². The van der Waals surface area contributed by atoms with Crippen molar-refractivity contribution >= 4 is 5.91 Å². The first-order valence-corrected chi connectivity index (χ1v) is 5.19. The number of likely N-dealkylation sites (N-methyl/N-ethyl adjacent to an activating group) is 1. The minimum absolute atomic E-state index is 0.0763. The highest BCUT2D eigenvalue weighted by molar-refractivity contribution is 5.78. The molecule has 1 fully saturated rings. The fraction of sp³-hybridized carbons (Fsp3) is 0.900. The lowest BCUT2D eigenvalue weighted by molar-refractivity contribution is -0.142. The summed E-state index contributed by atoms with van der Waals surface area (Å²) in [6, 6.07) is 0.198. The average molecular weight is 200 g/mol. The maximum absolute atomic E-state index is 11.8. The lowest BCUT2D eigenvalue weighted by atomic mass is 10.1. The van der Waals surface area contributed by atoms with Crippen LogP contribution in [0.1, 0.15) is 13.8 Å². The Morgan fingerprint density at radius 3 is 2.93 bits per heavy atom. The number of morpholine rings is 1. The predicted octanol–water partition coefficient (Wildman–Crippen LogP) is 0.0892. The first kappa shape index (κ1) is 11.5. The molecule has 4 nitrogen and oxygen atoms in total. The van der Waals surface area contributed by atoms with Crippen molar-refractivity contribution in [2.24, 2.45) is 5.92 Å². The third kappa shape index (κ3) is 2.69. The van der Waals surface area contributed by atoms with Crippen LogP contribution >= 0.6 is 0 Å². The van der Waals surface area contributed by atoms with E-state index in [1.807, 2.05) is 25.8 Å². The first-order valence-electron chi connectivity index (χ1n) is 5.19. The van der Waals surface area contributed by atoms with Crippen molar-refractivity contribution in [1.29, 1.82) is 0 Å². The van der Waals surface area contributed by atoms with Gasteiger partial charge in [-0.2, -0.15) is 0 Å². The molecule has 0 saturated carbocycles. The van der Waals surface area contributed by atoms with Crippen LogP contribution in [0.4, 0.5) is 0 Å². The molecule has 0 aliphatic carbocycles. The Bertz CT molecular complexity index is 193. The monoisotopic (exact) mass is 200 g/mol. The van der Waals surface area contributed by atoms with Crippen molar-refractivity contribution in [1.82, 2.24) is 10.2 Å². The van der Waals surface area contributed by atoms with Gasteiger partial charge in [0.05, 0.1) is 19.3 Å². The molecule has 1 amide bonds. The van der Waals surface area contributed by atoms with E-state index in [9.17, 15) is 4.79 Å². The van der Waals surface area contributed by atoms with E-state index >= 15 is 0 Å². The van der Waals surface area contributed by atoms with Crippen LogP contribution in [0, 0.1) is 5.92 Å². The number of nitrogens with zero attached hydrogens (tertiary/aromatic N) is 1. The summed E-state index contributed by atoms with van der Waals surface area (Å²) < 4.78 is 5.36. The Morgan fingerprint density at radius 1 is 1.64 bits per heavy atom. The van der Waals surface area contributed by atoms with Crippen molar-refractivity contribution in [2.45, 2.75) is 19.9 Å². The molecule has 4 heteroatoms. The maximum atomic E-state index is 11.8. The van der Waals surface area contributed by atoms with Crippen molar-refractivity contribution in [3.63, 3.8) is 0 Å². The van der Waals surface area contributed by atoms with E-state index < -0.39 is 0 Å². The Morgan fingerprint density at radius 2 is 2.36 bits per heavy atom. The summed E-state index contributed by atoms with van der Waals surface area (Å²) >= 11 is 0. The summed E-state index contributed by atoms with van der Waals surface area (Å²) in [5.74, 6) is 0.306. The van der Waals surface area contributed by atoms with E-state index in [2.05, 4.69) is 5.32 Å². The van der Waals surface area contributed by atoms with Gasteiger partial charge in [0.25, 0.3) is 0 Å². The molecule has 1 N–H and O–H groups in total. The summed E-state index contributed by atoms with van der Waals surface area (Å²) in [7, 11) is 1.90. The van der Waals surface area contributed by atoms with Gasteiger partial charge in [-0.25, -0.2) is 0 Å². The zero-order chi connectivity index (χ0) is 10.6. The number of carbonyl (C=O) groups excluding carboxylic acids is 1. The Balaban J connectivity index is 2.57. The second-order valence-electron chi connectivity index (χ2n) is 3.97. The highest BCUT2D eigenvalue weighted by atomic mass is 16.5. The molecular formula is C10H20N2O2. The van der Waals surface area contributed by atoms with Crippen LogP contribution in [-0.4, -0.2) is 50.2 Å². The third-order valence-corrected chi connectivity index (χ3v) is 2.44. The van der Waals surface area contributed by atoms with Crippen molar-refractivity contribution in [3.05, 3.63) is 0 Å². The average Bonchev–Trinajstić information content (AvgIpc) is 2.18. The normalized spacial score (nSPS) is 22.9. The smallest absolute Gasteiger partial charge is 0.225 e. The van der Waals surface area contributed by atoms with Gasteiger partial charge in [0.1, 0.15) is 0 Å². The summed E-state index contributed by atoms with van der Waals surface area (Å²) in [5.41, 5.74) is 0. The van der Waals surface area contributed by atoms with Gasteiger partial charge in [0.2, 0.25) is 5.91 Å². The molecule has 82 valence electrons. The molecule has 0 aromatic carbocycles. The Kier molecular flexibility index (Phi) is 4.35. The molecule has 1 rings (SSSR count). The minimum atomic E-state index is 0.0763. The number of hydrogen-bond donors (Lipinski definition) is 1. The quantitative estimate of drug-likeness (QED) is 0.702. The summed E-state index contributed by atoms with van der Waals surface area (Å²) in [6.07, 6.45) is 0. The second-order valence-corrected chi connectivity index (χ2v) is 3.97. The number of ether oxygens (including phenoxy) is 1. The van der Waals surface area contributed by atoms with Gasteiger partial charge < -0.3 is 15.0 Å². The number of nitrogens with one attached hydrogen (secondary N) is 1. The van der Waals surface area contributed by atoms with E-state index in [0.29, 0.717) is 13.2 Å². The fourth-order valence-electron chi connectivity index (χ4n) is 1.68. The van der Waals surface area contributed by atoms with E-state index in [-0.39, 0.29) is 17.9 Å². The fourth-order valence-corrected chi connectivity index (χ4v) is 1.68. The van der Waals surface area contributed by atoms with Crippen LogP contribution in [-0.2, 0) is 9.53 Å². The first-order chi connectivity index (χ1) is 6.66. The lowest BCUT2D eigenvalue weighted by Crippen LogP contribution is -2.53.